The summed E-state index contributed by atoms with van der Waals surface area (Å²) >= 11 is 0. The first-order valence-corrected chi connectivity index (χ1v) is 8.97. The van der Waals surface area contributed by atoms with Crippen molar-refractivity contribution in [3.8, 4) is 5.75 Å². The lowest BCUT2D eigenvalue weighted by atomic mass is 9.93. The Morgan fingerprint density at radius 3 is 2.70 bits per heavy atom. The highest BCUT2D eigenvalue weighted by molar-refractivity contribution is 5.91. The molecule has 0 aliphatic carbocycles. The Balaban J connectivity index is 1.81. The summed E-state index contributed by atoms with van der Waals surface area (Å²) in [5, 5.41) is 2.84. The van der Waals surface area contributed by atoms with E-state index in [2.05, 4.69) is 5.32 Å². The van der Waals surface area contributed by atoms with Gasteiger partial charge in [0.05, 0.1) is 7.11 Å². The number of likely N-dealkylation sites (tertiary alicyclic amines) is 1. The van der Waals surface area contributed by atoms with Crippen molar-refractivity contribution in [3.63, 3.8) is 0 Å². The number of ether oxygens (including phenoxy) is 1. The SMILES string of the molecule is COc1ccc(NC(=O)CCC2CCCN(C(=O)CC(F)(F)F)C2)c(C)c1. The minimum atomic E-state index is -4.49. The maximum atomic E-state index is 12.4. The van der Waals surface area contributed by atoms with E-state index in [1.165, 1.54) is 4.90 Å². The molecular weight excluding hydrogens is 361 g/mol. The van der Waals surface area contributed by atoms with Crippen LogP contribution in [0.1, 0.15) is 37.7 Å². The number of benzene rings is 1. The van der Waals surface area contributed by atoms with Gasteiger partial charge in [-0.05, 0) is 55.9 Å². The number of hydrogen-bond donors (Lipinski definition) is 1. The summed E-state index contributed by atoms with van der Waals surface area (Å²) in [7, 11) is 1.57. The Labute approximate surface area is 156 Å². The molecule has 0 saturated carbocycles. The van der Waals surface area contributed by atoms with Crippen LogP contribution in [0.4, 0.5) is 18.9 Å². The molecular formula is C19H25F3N2O3. The smallest absolute Gasteiger partial charge is 0.397 e. The molecule has 1 heterocycles. The van der Waals surface area contributed by atoms with Crippen molar-refractivity contribution in [2.75, 3.05) is 25.5 Å². The predicted molar refractivity (Wildman–Crippen MR) is 95.6 cm³/mol. The van der Waals surface area contributed by atoms with E-state index in [1.807, 2.05) is 13.0 Å². The number of alkyl halides is 3. The summed E-state index contributed by atoms with van der Waals surface area (Å²) in [6.45, 7) is 2.50. The predicted octanol–water partition coefficient (Wildman–Crippen LogP) is 3.91. The van der Waals surface area contributed by atoms with Crippen molar-refractivity contribution in [1.82, 2.24) is 4.90 Å². The highest BCUT2D eigenvalue weighted by Crippen LogP contribution is 2.26. The number of anilines is 1. The quantitative estimate of drug-likeness (QED) is 0.806. The molecule has 1 aliphatic heterocycles. The fraction of sp³-hybridized carbons (Fsp3) is 0.579. The van der Waals surface area contributed by atoms with Crippen LogP contribution in [0.5, 0.6) is 5.75 Å². The summed E-state index contributed by atoms with van der Waals surface area (Å²) in [5.41, 5.74) is 1.58. The van der Waals surface area contributed by atoms with Gasteiger partial charge in [0, 0.05) is 25.2 Å². The third-order valence-electron chi connectivity index (χ3n) is 4.71. The van der Waals surface area contributed by atoms with Gasteiger partial charge in [0.1, 0.15) is 12.2 Å². The zero-order valence-electron chi connectivity index (χ0n) is 15.6. The van der Waals surface area contributed by atoms with E-state index in [-0.39, 0.29) is 24.8 Å². The summed E-state index contributed by atoms with van der Waals surface area (Å²) < 4.78 is 42.3. The van der Waals surface area contributed by atoms with Crippen LogP contribution < -0.4 is 10.1 Å². The minimum absolute atomic E-state index is 0.0404. The molecule has 1 fully saturated rings. The maximum Gasteiger partial charge on any atom is 0.397 e. The van der Waals surface area contributed by atoms with E-state index in [0.29, 0.717) is 30.8 Å². The van der Waals surface area contributed by atoms with E-state index in [9.17, 15) is 22.8 Å². The van der Waals surface area contributed by atoms with Gasteiger partial charge in [-0.2, -0.15) is 13.2 Å². The Hall–Kier alpha value is -2.25. The number of nitrogens with zero attached hydrogens (tertiary/aromatic N) is 1. The molecule has 27 heavy (non-hydrogen) atoms. The van der Waals surface area contributed by atoms with Crippen LogP contribution in [0.25, 0.3) is 0 Å². The molecule has 0 bridgehead atoms. The summed E-state index contributed by atoms with van der Waals surface area (Å²) in [6.07, 6.45) is -3.64. The molecule has 1 saturated heterocycles. The fourth-order valence-electron chi connectivity index (χ4n) is 3.26. The van der Waals surface area contributed by atoms with Crippen LogP contribution in [-0.4, -0.2) is 43.1 Å². The molecule has 150 valence electrons. The molecule has 0 aromatic heterocycles. The van der Waals surface area contributed by atoms with Gasteiger partial charge in [0.2, 0.25) is 11.8 Å². The molecule has 5 nitrogen and oxygen atoms in total. The number of aryl methyl sites for hydroxylation is 1. The highest BCUT2D eigenvalue weighted by atomic mass is 19.4. The van der Waals surface area contributed by atoms with Gasteiger partial charge in [-0.1, -0.05) is 0 Å². The van der Waals surface area contributed by atoms with E-state index < -0.39 is 18.5 Å². The third kappa shape index (κ3) is 6.77. The lowest BCUT2D eigenvalue weighted by Crippen LogP contribution is -2.41. The Morgan fingerprint density at radius 1 is 1.33 bits per heavy atom. The largest absolute Gasteiger partial charge is 0.497 e. The zero-order valence-corrected chi connectivity index (χ0v) is 15.6. The minimum Gasteiger partial charge on any atom is -0.497 e. The Kier molecular flexibility index (Phi) is 7.10. The number of hydrogen-bond acceptors (Lipinski definition) is 3. The van der Waals surface area contributed by atoms with Crippen molar-refractivity contribution in [1.29, 1.82) is 0 Å². The molecule has 0 radical (unpaired) electrons. The average Bonchev–Trinajstić information content (AvgIpc) is 2.60. The van der Waals surface area contributed by atoms with Crippen LogP contribution in [0, 0.1) is 12.8 Å². The summed E-state index contributed by atoms with van der Waals surface area (Å²) in [6, 6.07) is 5.35. The van der Waals surface area contributed by atoms with E-state index in [4.69, 9.17) is 4.74 Å². The van der Waals surface area contributed by atoms with Gasteiger partial charge >= 0.3 is 6.18 Å². The molecule has 1 aromatic rings. The number of carbonyl (C=O) groups excluding carboxylic acids is 2. The number of nitrogens with one attached hydrogen (secondary N) is 1. The second-order valence-electron chi connectivity index (χ2n) is 6.91. The fourth-order valence-corrected chi connectivity index (χ4v) is 3.26. The molecule has 1 aliphatic rings. The molecule has 1 atom stereocenters. The normalized spacial score (nSPS) is 17.5. The van der Waals surface area contributed by atoms with Gasteiger partial charge in [-0.3, -0.25) is 9.59 Å². The Morgan fingerprint density at radius 2 is 2.07 bits per heavy atom. The number of amides is 2. The first-order chi connectivity index (χ1) is 12.7. The first kappa shape index (κ1) is 21.1. The van der Waals surface area contributed by atoms with Crippen molar-refractivity contribution in [2.24, 2.45) is 5.92 Å². The monoisotopic (exact) mass is 386 g/mol. The van der Waals surface area contributed by atoms with Gasteiger partial charge in [-0.25, -0.2) is 0 Å². The van der Waals surface area contributed by atoms with E-state index in [1.54, 1.807) is 19.2 Å². The van der Waals surface area contributed by atoms with Gasteiger partial charge in [0.15, 0.2) is 0 Å². The van der Waals surface area contributed by atoms with Crippen LogP contribution in [-0.2, 0) is 9.59 Å². The Bertz CT molecular complexity index is 677. The molecule has 1 aromatic carbocycles. The first-order valence-electron chi connectivity index (χ1n) is 8.97. The summed E-state index contributed by atoms with van der Waals surface area (Å²) in [4.78, 5) is 25.2. The van der Waals surface area contributed by atoms with Crippen molar-refractivity contribution in [3.05, 3.63) is 23.8 Å². The second kappa shape index (κ2) is 9.10. The zero-order chi connectivity index (χ0) is 20.0. The van der Waals surface area contributed by atoms with Crippen LogP contribution in [0.15, 0.2) is 18.2 Å². The lowest BCUT2D eigenvalue weighted by Gasteiger charge is -2.33. The van der Waals surface area contributed by atoms with Crippen LogP contribution >= 0.6 is 0 Å². The number of halogens is 3. The maximum absolute atomic E-state index is 12.4. The summed E-state index contributed by atoms with van der Waals surface area (Å²) in [5.74, 6) is -0.289. The van der Waals surface area contributed by atoms with E-state index in [0.717, 1.165) is 12.0 Å². The van der Waals surface area contributed by atoms with Crippen molar-refractivity contribution >= 4 is 17.5 Å². The number of carbonyl (C=O) groups is 2. The number of piperidine rings is 1. The molecule has 0 spiro atoms. The van der Waals surface area contributed by atoms with Gasteiger partial charge in [0.25, 0.3) is 0 Å². The van der Waals surface area contributed by atoms with E-state index >= 15 is 0 Å². The molecule has 8 heteroatoms. The highest BCUT2D eigenvalue weighted by Gasteiger charge is 2.35. The van der Waals surface area contributed by atoms with Crippen molar-refractivity contribution < 1.29 is 27.5 Å². The van der Waals surface area contributed by atoms with Gasteiger partial charge < -0.3 is 15.0 Å². The standard InChI is InChI=1S/C19H25F3N2O3/c1-13-10-15(27-2)6-7-16(13)23-17(25)8-5-14-4-3-9-24(12-14)18(26)11-19(20,21)22/h6-7,10,14H,3-5,8-9,11-12H2,1-2H3,(H,23,25). The van der Waals surface area contributed by atoms with Crippen molar-refractivity contribution in [2.45, 2.75) is 45.2 Å². The number of methoxy groups -OCH3 is 1. The lowest BCUT2D eigenvalue weighted by molar-refractivity contribution is -0.162. The second-order valence-corrected chi connectivity index (χ2v) is 6.91. The average molecular weight is 386 g/mol. The molecule has 2 amide bonds. The third-order valence-corrected chi connectivity index (χ3v) is 4.71. The molecule has 1 N–H and O–H groups in total. The van der Waals surface area contributed by atoms with Crippen LogP contribution in [0.2, 0.25) is 0 Å². The van der Waals surface area contributed by atoms with Crippen LogP contribution in [0.3, 0.4) is 0 Å². The number of rotatable bonds is 6. The molecule has 2 rings (SSSR count). The van der Waals surface area contributed by atoms with Gasteiger partial charge in [-0.15, -0.1) is 0 Å². The topological polar surface area (TPSA) is 58.6 Å². The molecule has 1 unspecified atom stereocenters.